The van der Waals surface area contributed by atoms with Crippen molar-refractivity contribution in [1.29, 1.82) is 0 Å². The van der Waals surface area contributed by atoms with Gasteiger partial charge in [-0.1, -0.05) is 35.9 Å². The van der Waals surface area contributed by atoms with Gasteiger partial charge in [0.25, 0.3) is 0 Å². The summed E-state index contributed by atoms with van der Waals surface area (Å²) in [5.41, 5.74) is 2.76. The van der Waals surface area contributed by atoms with E-state index in [-0.39, 0.29) is 0 Å². The Kier molecular flexibility index (Phi) is 2.93. The Morgan fingerprint density at radius 1 is 1.36 bits per heavy atom. The number of hydrogen-bond donors (Lipinski definition) is 0. The van der Waals surface area contributed by atoms with Crippen molar-refractivity contribution >= 4 is 11.6 Å². The van der Waals surface area contributed by atoms with Crippen LogP contribution in [0.4, 0.5) is 0 Å². The monoisotopic (exact) mass is 206 g/mol. The zero-order chi connectivity index (χ0) is 9.97. The summed E-state index contributed by atoms with van der Waals surface area (Å²) in [5, 5.41) is 0.846. The third-order valence-corrected chi connectivity index (χ3v) is 3.17. The van der Waals surface area contributed by atoms with Gasteiger partial charge in [-0.3, -0.25) is 0 Å². The van der Waals surface area contributed by atoms with Gasteiger partial charge in [0.1, 0.15) is 0 Å². The molecule has 0 radical (unpaired) electrons. The third-order valence-electron chi connectivity index (χ3n) is 2.94. The van der Waals surface area contributed by atoms with Gasteiger partial charge in [0.15, 0.2) is 0 Å². The predicted molar refractivity (Wildman–Crippen MR) is 61.8 cm³/mol. The van der Waals surface area contributed by atoms with Crippen molar-refractivity contribution < 1.29 is 0 Å². The average molecular weight is 207 g/mol. The van der Waals surface area contributed by atoms with Gasteiger partial charge in [-0.05, 0) is 49.3 Å². The molecule has 0 heterocycles. The highest BCUT2D eigenvalue weighted by Crippen LogP contribution is 2.35. The first kappa shape index (κ1) is 9.79. The minimum atomic E-state index is 0.648. The van der Waals surface area contributed by atoms with Crippen molar-refractivity contribution in [1.82, 2.24) is 0 Å². The molecule has 1 unspecified atom stereocenters. The molecule has 0 spiro atoms. The van der Waals surface area contributed by atoms with Crippen LogP contribution in [0.15, 0.2) is 36.4 Å². The number of rotatable bonds is 1. The van der Waals surface area contributed by atoms with Crippen LogP contribution in [-0.4, -0.2) is 0 Å². The molecule has 0 saturated heterocycles. The maximum absolute atomic E-state index is 5.98. The van der Waals surface area contributed by atoms with E-state index in [2.05, 4.69) is 18.7 Å². The van der Waals surface area contributed by atoms with Crippen LogP contribution in [0.5, 0.6) is 0 Å². The minimum Gasteiger partial charge on any atom is -0.0998 e. The molecular weight excluding hydrogens is 192 g/mol. The number of benzene rings is 1. The molecule has 0 aliphatic heterocycles. The summed E-state index contributed by atoms with van der Waals surface area (Å²) in [7, 11) is 0. The molecule has 0 N–H and O–H groups in total. The first-order valence-corrected chi connectivity index (χ1v) is 5.55. The highest BCUT2D eigenvalue weighted by molar-refractivity contribution is 6.30. The van der Waals surface area contributed by atoms with Gasteiger partial charge in [0.05, 0.1) is 0 Å². The molecule has 1 aliphatic rings. The van der Waals surface area contributed by atoms with E-state index in [1.807, 2.05) is 12.1 Å². The second kappa shape index (κ2) is 4.18. The fraction of sp³-hybridized carbons (Fsp3) is 0.385. The Balaban J connectivity index is 2.17. The van der Waals surface area contributed by atoms with Gasteiger partial charge < -0.3 is 0 Å². The van der Waals surface area contributed by atoms with Crippen LogP contribution in [0.25, 0.3) is 0 Å². The largest absolute Gasteiger partial charge is 0.0998 e. The zero-order valence-corrected chi connectivity index (χ0v) is 9.06. The normalized spacial score (nSPS) is 22.4. The van der Waals surface area contributed by atoms with E-state index in [1.54, 1.807) is 0 Å². The average Bonchev–Trinajstić information content (AvgIpc) is 2.18. The van der Waals surface area contributed by atoms with Gasteiger partial charge in [0, 0.05) is 5.02 Å². The molecule has 0 amide bonds. The molecule has 0 aromatic heterocycles. The van der Waals surface area contributed by atoms with Gasteiger partial charge >= 0.3 is 0 Å². The summed E-state index contributed by atoms with van der Waals surface area (Å²) >= 11 is 5.98. The quantitative estimate of drug-likeness (QED) is 0.592. The Morgan fingerprint density at radius 3 is 2.93 bits per heavy atom. The van der Waals surface area contributed by atoms with Crippen molar-refractivity contribution in [3.63, 3.8) is 0 Å². The Morgan fingerprint density at radius 2 is 2.21 bits per heavy atom. The molecule has 2 rings (SSSR count). The Hall–Kier alpha value is -0.750. The van der Waals surface area contributed by atoms with Crippen LogP contribution >= 0.6 is 11.6 Å². The van der Waals surface area contributed by atoms with Crippen LogP contribution in [0, 0.1) is 0 Å². The molecule has 1 aliphatic carbocycles. The second-order valence-corrected chi connectivity index (χ2v) is 4.53. The van der Waals surface area contributed by atoms with E-state index in [0.717, 1.165) is 11.4 Å². The van der Waals surface area contributed by atoms with E-state index in [0.29, 0.717) is 5.92 Å². The lowest BCUT2D eigenvalue weighted by molar-refractivity contribution is 0.524. The molecule has 74 valence electrons. The molecule has 1 saturated carbocycles. The van der Waals surface area contributed by atoms with Gasteiger partial charge in [-0.2, -0.15) is 0 Å². The fourth-order valence-corrected chi connectivity index (χ4v) is 2.39. The molecule has 0 bridgehead atoms. The summed E-state index contributed by atoms with van der Waals surface area (Å²) in [6.07, 6.45) is 4.90. The summed E-state index contributed by atoms with van der Waals surface area (Å²) in [6.45, 7) is 4.08. The van der Waals surface area contributed by atoms with Crippen LogP contribution in [0.1, 0.15) is 37.2 Å². The fourth-order valence-electron chi connectivity index (χ4n) is 2.20. The zero-order valence-electron chi connectivity index (χ0n) is 8.30. The molecule has 1 heteroatoms. The standard InChI is InChI=1S/C13H15Cl/c1-10-4-2-5-11(8-10)12-6-3-7-13(14)9-12/h3,6-7,9,11H,1-2,4-5,8H2. The highest BCUT2D eigenvalue weighted by atomic mass is 35.5. The lowest BCUT2D eigenvalue weighted by Crippen LogP contribution is -2.06. The Bertz CT molecular complexity index is 341. The molecule has 14 heavy (non-hydrogen) atoms. The van der Waals surface area contributed by atoms with Crippen LogP contribution < -0.4 is 0 Å². The minimum absolute atomic E-state index is 0.648. The Labute approximate surface area is 90.6 Å². The van der Waals surface area contributed by atoms with Gasteiger partial charge in [-0.25, -0.2) is 0 Å². The second-order valence-electron chi connectivity index (χ2n) is 4.10. The number of halogens is 1. The summed E-state index contributed by atoms with van der Waals surface area (Å²) in [6, 6.07) is 8.23. The molecule has 1 aromatic carbocycles. The first-order chi connectivity index (χ1) is 6.75. The molecule has 0 nitrogen and oxygen atoms in total. The third kappa shape index (κ3) is 2.19. The summed E-state index contributed by atoms with van der Waals surface area (Å²) in [5.74, 6) is 0.648. The van der Waals surface area contributed by atoms with Crippen LogP contribution in [-0.2, 0) is 0 Å². The van der Waals surface area contributed by atoms with Crippen molar-refractivity contribution in [3.8, 4) is 0 Å². The van der Waals surface area contributed by atoms with Crippen LogP contribution in [0.2, 0.25) is 5.02 Å². The smallest absolute Gasteiger partial charge is 0.0408 e. The maximum Gasteiger partial charge on any atom is 0.0408 e. The van der Waals surface area contributed by atoms with Gasteiger partial charge in [0.2, 0.25) is 0 Å². The van der Waals surface area contributed by atoms with Crippen molar-refractivity contribution in [2.45, 2.75) is 31.6 Å². The number of allylic oxidation sites excluding steroid dienone is 1. The lowest BCUT2D eigenvalue weighted by Gasteiger charge is -2.23. The molecular formula is C13H15Cl. The first-order valence-electron chi connectivity index (χ1n) is 5.18. The van der Waals surface area contributed by atoms with E-state index in [4.69, 9.17) is 11.6 Å². The van der Waals surface area contributed by atoms with E-state index in [9.17, 15) is 0 Å². The lowest BCUT2D eigenvalue weighted by atomic mass is 9.82. The maximum atomic E-state index is 5.98. The highest BCUT2D eigenvalue weighted by Gasteiger charge is 2.17. The van der Waals surface area contributed by atoms with E-state index >= 15 is 0 Å². The van der Waals surface area contributed by atoms with Crippen molar-refractivity contribution in [2.75, 3.05) is 0 Å². The van der Waals surface area contributed by atoms with Crippen LogP contribution in [0.3, 0.4) is 0 Å². The summed E-state index contributed by atoms with van der Waals surface area (Å²) in [4.78, 5) is 0. The van der Waals surface area contributed by atoms with E-state index in [1.165, 1.54) is 30.4 Å². The molecule has 1 aromatic rings. The van der Waals surface area contributed by atoms with Gasteiger partial charge in [-0.15, -0.1) is 0 Å². The van der Waals surface area contributed by atoms with Crippen molar-refractivity contribution in [2.24, 2.45) is 0 Å². The topological polar surface area (TPSA) is 0 Å². The predicted octanol–water partition coefficient (Wildman–Crippen LogP) is 4.55. The van der Waals surface area contributed by atoms with E-state index < -0.39 is 0 Å². The SMILES string of the molecule is C=C1CCCC(c2cccc(Cl)c2)C1. The number of hydrogen-bond acceptors (Lipinski definition) is 0. The summed E-state index contributed by atoms with van der Waals surface area (Å²) < 4.78 is 0. The van der Waals surface area contributed by atoms with Crippen molar-refractivity contribution in [3.05, 3.63) is 47.0 Å². The molecule has 1 fully saturated rings. The molecule has 1 atom stereocenters.